The maximum absolute atomic E-state index is 14.1. The molecule has 3 rings (SSSR count). The lowest BCUT2D eigenvalue weighted by atomic mass is 10.0. The maximum atomic E-state index is 14.1. The molecule has 3 nitrogen and oxygen atoms in total. The van der Waals surface area contributed by atoms with E-state index in [9.17, 15) is 13.6 Å². The van der Waals surface area contributed by atoms with Crippen LogP contribution in [0.5, 0.6) is 0 Å². The number of ether oxygens (including phenoxy) is 1. The number of carbonyl (C=O) groups excluding carboxylic acids is 1. The van der Waals surface area contributed by atoms with Gasteiger partial charge in [0.05, 0.1) is 13.2 Å². The molecule has 2 aromatic rings. The second kappa shape index (κ2) is 6.35. The number of amides is 1. The molecule has 1 fully saturated rings. The lowest BCUT2D eigenvalue weighted by molar-refractivity contribution is -0.153. The first-order valence-electron chi connectivity index (χ1n) is 7.34. The maximum Gasteiger partial charge on any atom is 0.385 e. The zero-order chi connectivity index (χ0) is 16.3. The molecule has 0 radical (unpaired) electrons. The molecule has 0 aromatic heterocycles. The summed E-state index contributed by atoms with van der Waals surface area (Å²) in [6, 6.07) is 12.7. The monoisotopic (exact) mass is 315 g/mol. The van der Waals surface area contributed by atoms with Gasteiger partial charge >= 0.3 is 11.8 Å². The molecule has 118 valence electrons. The number of alkyl halides is 2. The van der Waals surface area contributed by atoms with Crippen LogP contribution in [0.15, 0.2) is 42.5 Å². The summed E-state index contributed by atoms with van der Waals surface area (Å²) in [5.74, 6) is -0.638. The third-order valence-electron chi connectivity index (χ3n) is 3.71. The van der Waals surface area contributed by atoms with E-state index in [1.807, 2.05) is 36.3 Å². The minimum absolute atomic E-state index is 0.171. The van der Waals surface area contributed by atoms with Crippen molar-refractivity contribution in [1.82, 2.24) is 4.90 Å². The number of benzene rings is 2. The highest BCUT2D eigenvalue weighted by atomic mass is 19.3. The molecule has 1 aliphatic rings. The number of fused-ring (bicyclic) bond motifs is 1. The predicted molar refractivity (Wildman–Crippen MR) is 83.2 cm³/mol. The summed E-state index contributed by atoms with van der Waals surface area (Å²) in [6.45, 7) is 0.895. The Labute approximate surface area is 132 Å². The molecule has 1 saturated heterocycles. The number of hydrogen-bond acceptors (Lipinski definition) is 2. The molecule has 0 aliphatic carbocycles. The van der Waals surface area contributed by atoms with Crippen molar-refractivity contribution in [1.29, 1.82) is 0 Å². The average Bonchev–Trinajstić information content (AvgIpc) is 2.60. The molecule has 23 heavy (non-hydrogen) atoms. The van der Waals surface area contributed by atoms with E-state index in [0.29, 0.717) is 5.56 Å². The number of morpholine rings is 1. The Morgan fingerprint density at radius 2 is 1.78 bits per heavy atom. The van der Waals surface area contributed by atoms with Crippen molar-refractivity contribution in [2.75, 3.05) is 26.3 Å². The van der Waals surface area contributed by atoms with Crippen LogP contribution < -0.4 is 0 Å². The predicted octanol–water partition coefficient (Wildman–Crippen LogP) is 2.69. The molecule has 0 bridgehead atoms. The normalized spacial score (nSPS) is 15.1. The van der Waals surface area contributed by atoms with E-state index >= 15 is 0 Å². The second-order valence-corrected chi connectivity index (χ2v) is 5.26. The first kappa shape index (κ1) is 15.4. The Kier molecular flexibility index (Phi) is 4.26. The van der Waals surface area contributed by atoms with Gasteiger partial charge in [-0.25, -0.2) is 0 Å². The lowest BCUT2D eigenvalue weighted by Crippen LogP contribution is -2.48. The van der Waals surface area contributed by atoms with Crippen molar-refractivity contribution in [2.45, 2.75) is 5.92 Å². The number of nitrogens with zero attached hydrogens (tertiary/aromatic N) is 1. The summed E-state index contributed by atoms with van der Waals surface area (Å²) in [5.41, 5.74) is 0.484. The number of hydrogen-bond donors (Lipinski definition) is 0. The van der Waals surface area contributed by atoms with Crippen LogP contribution in [0.25, 0.3) is 10.8 Å². The molecule has 0 N–H and O–H groups in total. The van der Waals surface area contributed by atoms with Gasteiger partial charge in [-0.3, -0.25) is 4.79 Å². The smallest absolute Gasteiger partial charge is 0.378 e. The van der Waals surface area contributed by atoms with Gasteiger partial charge in [-0.1, -0.05) is 42.3 Å². The molecular formula is C18H15F2NO2. The van der Waals surface area contributed by atoms with Crippen molar-refractivity contribution >= 4 is 16.7 Å². The Morgan fingerprint density at radius 1 is 1.09 bits per heavy atom. The van der Waals surface area contributed by atoms with Crippen molar-refractivity contribution in [3.8, 4) is 11.8 Å². The van der Waals surface area contributed by atoms with E-state index in [2.05, 4.69) is 5.92 Å². The summed E-state index contributed by atoms with van der Waals surface area (Å²) in [6.07, 6.45) is 0. The summed E-state index contributed by atoms with van der Waals surface area (Å²) in [5, 5.41) is 1.71. The zero-order valence-electron chi connectivity index (χ0n) is 12.4. The molecule has 0 spiro atoms. The Morgan fingerprint density at radius 3 is 2.57 bits per heavy atom. The van der Waals surface area contributed by atoms with Crippen LogP contribution in [0, 0.1) is 11.8 Å². The standard InChI is InChI=1S/C18H15F2NO2/c19-18(20,17(22)21-10-12-23-13-11-21)9-8-15-6-3-5-14-4-1-2-7-16(14)15/h1-7H,10-13H2. The molecular weight excluding hydrogens is 300 g/mol. The van der Waals surface area contributed by atoms with Gasteiger partial charge in [0, 0.05) is 18.7 Å². The molecule has 0 atom stereocenters. The van der Waals surface area contributed by atoms with Crippen molar-refractivity contribution < 1.29 is 18.3 Å². The first-order valence-corrected chi connectivity index (χ1v) is 7.34. The van der Waals surface area contributed by atoms with Gasteiger partial charge in [-0.05, 0) is 22.8 Å². The Bertz CT molecular complexity index is 781. The van der Waals surface area contributed by atoms with Gasteiger partial charge in [0.1, 0.15) is 0 Å². The summed E-state index contributed by atoms with van der Waals surface area (Å²) in [7, 11) is 0. The second-order valence-electron chi connectivity index (χ2n) is 5.26. The molecule has 5 heteroatoms. The molecule has 1 heterocycles. The Hall–Kier alpha value is -2.45. The fourth-order valence-corrected chi connectivity index (χ4v) is 2.50. The van der Waals surface area contributed by atoms with Gasteiger partial charge in [-0.2, -0.15) is 8.78 Å². The van der Waals surface area contributed by atoms with Crippen LogP contribution in [-0.2, 0) is 9.53 Å². The molecule has 2 aromatic carbocycles. The van der Waals surface area contributed by atoms with Gasteiger partial charge < -0.3 is 9.64 Å². The highest BCUT2D eigenvalue weighted by Gasteiger charge is 2.40. The zero-order valence-corrected chi connectivity index (χ0v) is 12.4. The first-order chi connectivity index (χ1) is 11.1. The number of rotatable bonds is 1. The van der Waals surface area contributed by atoms with E-state index in [0.717, 1.165) is 15.7 Å². The molecule has 1 aliphatic heterocycles. The Balaban J connectivity index is 1.88. The third-order valence-corrected chi connectivity index (χ3v) is 3.71. The van der Waals surface area contributed by atoms with Gasteiger partial charge in [0.2, 0.25) is 0 Å². The quantitative estimate of drug-likeness (QED) is 0.757. The van der Waals surface area contributed by atoms with Gasteiger partial charge in [0.15, 0.2) is 0 Å². The lowest BCUT2D eigenvalue weighted by Gasteiger charge is -2.28. The molecule has 1 amide bonds. The van der Waals surface area contributed by atoms with Gasteiger partial charge in [-0.15, -0.1) is 0 Å². The van der Waals surface area contributed by atoms with E-state index in [1.54, 1.807) is 12.1 Å². The van der Waals surface area contributed by atoms with Crippen LogP contribution in [0.2, 0.25) is 0 Å². The average molecular weight is 315 g/mol. The van der Waals surface area contributed by atoms with E-state index in [1.165, 1.54) is 0 Å². The van der Waals surface area contributed by atoms with Crippen LogP contribution in [0.4, 0.5) is 8.78 Å². The fraction of sp³-hybridized carbons (Fsp3) is 0.278. The van der Waals surface area contributed by atoms with E-state index in [-0.39, 0.29) is 26.3 Å². The number of halogens is 2. The summed E-state index contributed by atoms with van der Waals surface area (Å²) >= 11 is 0. The van der Waals surface area contributed by atoms with E-state index in [4.69, 9.17) is 4.74 Å². The van der Waals surface area contributed by atoms with Crippen molar-refractivity contribution in [3.05, 3.63) is 48.0 Å². The van der Waals surface area contributed by atoms with Crippen LogP contribution in [0.3, 0.4) is 0 Å². The van der Waals surface area contributed by atoms with Gasteiger partial charge in [0.25, 0.3) is 0 Å². The van der Waals surface area contributed by atoms with Crippen LogP contribution in [0.1, 0.15) is 5.56 Å². The van der Waals surface area contributed by atoms with Crippen molar-refractivity contribution in [3.63, 3.8) is 0 Å². The highest BCUT2D eigenvalue weighted by Crippen LogP contribution is 2.20. The van der Waals surface area contributed by atoms with Crippen molar-refractivity contribution in [2.24, 2.45) is 0 Å². The minimum atomic E-state index is -3.70. The van der Waals surface area contributed by atoms with Crippen LogP contribution in [-0.4, -0.2) is 43.0 Å². The molecule has 0 unspecified atom stereocenters. The highest BCUT2D eigenvalue weighted by molar-refractivity contribution is 5.90. The summed E-state index contributed by atoms with van der Waals surface area (Å²) in [4.78, 5) is 13.0. The largest absolute Gasteiger partial charge is 0.385 e. The summed E-state index contributed by atoms with van der Waals surface area (Å²) < 4.78 is 33.2. The topological polar surface area (TPSA) is 29.5 Å². The third kappa shape index (κ3) is 3.33. The number of carbonyl (C=O) groups is 1. The van der Waals surface area contributed by atoms with Crippen LogP contribution >= 0.6 is 0 Å². The SMILES string of the molecule is O=C(N1CCOCC1)C(F)(F)C#Cc1cccc2ccccc12. The fourth-order valence-electron chi connectivity index (χ4n) is 2.50. The van der Waals surface area contributed by atoms with E-state index < -0.39 is 11.8 Å². The molecule has 0 saturated carbocycles. The minimum Gasteiger partial charge on any atom is -0.378 e.